The molecule has 17 heavy (non-hydrogen) atoms. The third kappa shape index (κ3) is 1.84. The molecule has 5 nitrogen and oxygen atoms in total. The molecule has 2 fully saturated rings. The highest BCUT2D eigenvalue weighted by Gasteiger charge is 2.47. The lowest BCUT2D eigenvalue weighted by atomic mass is 9.94. The summed E-state index contributed by atoms with van der Waals surface area (Å²) in [5, 5.41) is 13.0. The molecule has 3 atom stereocenters. The lowest BCUT2D eigenvalue weighted by Crippen LogP contribution is -2.39. The van der Waals surface area contributed by atoms with Crippen LogP contribution < -0.4 is 0 Å². The minimum atomic E-state index is -0.695. The predicted octanol–water partition coefficient (Wildman–Crippen LogP) is 1.36. The van der Waals surface area contributed by atoms with Crippen LogP contribution in [0.5, 0.6) is 0 Å². The van der Waals surface area contributed by atoms with Crippen molar-refractivity contribution in [3.8, 4) is 0 Å². The van der Waals surface area contributed by atoms with Gasteiger partial charge in [-0.15, -0.1) is 0 Å². The van der Waals surface area contributed by atoms with Crippen molar-refractivity contribution in [2.45, 2.75) is 31.8 Å². The SMILES string of the molecule is O=C(O)C1C2CCCC2CN1Cc1ccno1. The number of aromatic nitrogens is 1. The first-order valence-corrected chi connectivity index (χ1v) is 6.12. The maximum Gasteiger partial charge on any atom is 0.321 e. The van der Waals surface area contributed by atoms with Crippen LogP contribution in [0, 0.1) is 11.8 Å². The molecule has 3 unspecified atom stereocenters. The van der Waals surface area contributed by atoms with E-state index >= 15 is 0 Å². The standard InChI is InChI=1S/C12H16N2O3/c15-12(16)11-10-3-1-2-8(10)6-14(11)7-9-4-5-13-17-9/h4-5,8,10-11H,1-3,6-7H2,(H,15,16). The largest absolute Gasteiger partial charge is 0.480 e. The molecule has 92 valence electrons. The highest BCUT2D eigenvalue weighted by Crippen LogP contribution is 2.42. The van der Waals surface area contributed by atoms with Crippen LogP contribution >= 0.6 is 0 Å². The molecule has 0 bridgehead atoms. The Morgan fingerprint density at radius 2 is 2.47 bits per heavy atom. The number of likely N-dealkylation sites (tertiary alicyclic amines) is 1. The van der Waals surface area contributed by atoms with Crippen LogP contribution in [-0.2, 0) is 11.3 Å². The zero-order valence-electron chi connectivity index (χ0n) is 9.58. The van der Waals surface area contributed by atoms with Crippen LogP contribution in [0.1, 0.15) is 25.0 Å². The van der Waals surface area contributed by atoms with E-state index in [9.17, 15) is 9.90 Å². The van der Waals surface area contributed by atoms with Gasteiger partial charge in [0.15, 0.2) is 5.76 Å². The Hall–Kier alpha value is -1.36. The summed E-state index contributed by atoms with van der Waals surface area (Å²) in [6, 6.07) is 1.46. The first-order chi connectivity index (χ1) is 8.25. The van der Waals surface area contributed by atoms with Gasteiger partial charge in [-0.05, 0) is 24.7 Å². The minimum Gasteiger partial charge on any atom is -0.480 e. The summed E-state index contributed by atoms with van der Waals surface area (Å²) in [6.07, 6.45) is 4.99. The van der Waals surface area contributed by atoms with Crippen molar-refractivity contribution in [3.05, 3.63) is 18.0 Å². The molecular formula is C12H16N2O3. The lowest BCUT2D eigenvalue weighted by molar-refractivity contribution is -0.143. The van der Waals surface area contributed by atoms with Gasteiger partial charge in [0.25, 0.3) is 0 Å². The van der Waals surface area contributed by atoms with Gasteiger partial charge in [0.05, 0.1) is 12.7 Å². The molecular weight excluding hydrogens is 220 g/mol. The van der Waals surface area contributed by atoms with Gasteiger partial charge in [0.1, 0.15) is 6.04 Å². The topological polar surface area (TPSA) is 66.6 Å². The van der Waals surface area contributed by atoms with Crippen LogP contribution in [0.25, 0.3) is 0 Å². The van der Waals surface area contributed by atoms with Crippen LogP contribution in [0.2, 0.25) is 0 Å². The first kappa shape index (κ1) is 10.8. The van der Waals surface area contributed by atoms with Crippen molar-refractivity contribution in [2.24, 2.45) is 11.8 Å². The summed E-state index contributed by atoms with van der Waals surface area (Å²) in [6.45, 7) is 1.44. The molecule has 3 rings (SSSR count). The van der Waals surface area contributed by atoms with Gasteiger partial charge in [0, 0.05) is 12.6 Å². The Bertz CT molecular complexity index is 404. The second-order valence-electron chi connectivity index (χ2n) is 5.05. The number of hydrogen-bond donors (Lipinski definition) is 1. The van der Waals surface area contributed by atoms with E-state index in [0.29, 0.717) is 18.4 Å². The number of carboxylic acid groups (broad SMARTS) is 1. The predicted molar refractivity (Wildman–Crippen MR) is 59.2 cm³/mol. The molecule has 0 amide bonds. The molecule has 2 aliphatic rings. The summed E-state index contributed by atoms with van der Waals surface area (Å²) in [5.74, 6) is 0.935. The number of hydrogen-bond acceptors (Lipinski definition) is 4. The van der Waals surface area contributed by atoms with Gasteiger partial charge in [-0.2, -0.15) is 0 Å². The number of fused-ring (bicyclic) bond motifs is 1. The molecule has 1 aliphatic heterocycles. The minimum absolute atomic E-state index is 0.329. The van der Waals surface area contributed by atoms with Gasteiger partial charge in [-0.1, -0.05) is 11.6 Å². The van der Waals surface area contributed by atoms with E-state index in [-0.39, 0.29) is 6.04 Å². The smallest absolute Gasteiger partial charge is 0.321 e. The van der Waals surface area contributed by atoms with Crippen molar-refractivity contribution < 1.29 is 14.4 Å². The van der Waals surface area contributed by atoms with Crippen LogP contribution in [0.15, 0.2) is 16.8 Å². The zero-order valence-corrected chi connectivity index (χ0v) is 9.58. The van der Waals surface area contributed by atoms with E-state index in [4.69, 9.17) is 4.52 Å². The molecule has 1 N–H and O–H groups in total. The summed E-state index contributed by atoms with van der Waals surface area (Å²) < 4.78 is 5.06. The number of nitrogens with zero attached hydrogens (tertiary/aromatic N) is 2. The first-order valence-electron chi connectivity index (χ1n) is 6.12. The fraction of sp³-hybridized carbons (Fsp3) is 0.667. The Morgan fingerprint density at radius 3 is 3.18 bits per heavy atom. The summed E-state index contributed by atoms with van der Waals surface area (Å²) in [4.78, 5) is 13.4. The summed E-state index contributed by atoms with van der Waals surface area (Å²) in [5.41, 5.74) is 0. The molecule has 0 spiro atoms. The van der Waals surface area contributed by atoms with Crippen molar-refractivity contribution in [3.63, 3.8) is 0 Å². The molecule has 0 radical (unpaired) electrons. The molecule has 0 aromatic carbocycles. The van der Waals surface area contributed by atoms with Crippen LogP contribution in [-0.4, -0.2) is 33.7 Å². The van der Waals surface area contributed by atoms with Crippen molar-refractivity contribution in [2.75, 3.05) is 6.54 Å². The third-order valence-electron chi connectivity index (χ3n) is 4.09. The van der Waals surface area contributed by atoms with E-state index in [1.165, 1.54) is 12.8 Å². The third-order valence-corrected chi connectivity index (χ3v) is 4.09. The Kier molecular flexibility index (Phi) is 2.63. The Morgan fingerprint density at radius 1 is 1.59 bits per heavy atom. The molecule has 1 aromatic heterocycles. The summed E-state index contributed by atoms with van der Waals surface area (Å²) in [7, 11) is 0. The molecule has 1 aliphatic carbocycles. The maximum absolute atomic E-state index is 11.4. The van der Waals surface area contributed by atoms with Gasteiger partial charge < -0.3 is 9.63 Å². The number of rotatable bonds is 3. The van der Waals surface area contributed by atoms with E-state index < -0.39 is 5.97 Å². The van der Waals surface area contributed by atoms with Gasteiger partial charge in [0.2, 0.25) is 0 Å². The maximum atomic E-state index is 11.4. The van der Waals surface area contributed by atoms with E-state index in [0.717, 1.165) is 18.7 Å². The molecule has 1 saturated carbocycles. The number of carboxylic acids is 1. The number of carbonyl (C=O) groups is 1. The van der Waals surface area contributed by atoms with Gasteiger partial charge in [-0.25, -0.2) is 0 Å². The average Bonchev–Trinajstić information content (AvgIpc) is 2.92. The van der Waals surface area contributed by atoms with Gasteiger partial charge in [-0.3, -0.25) is 9.69 Å². The molecule has 1 aromatic rings. The van der Waals surface area contributed by atoms with Crippen molar-refractivity contribution in [1.82, 2.24) is 10.1 Å². The highest BCUT2D eigenvalue weighted by molar-refractivity contribution is 5.74. The zero-order chi connectivity index (χ0) is 11.8. The second-order valence-corrected chi connectivity index (χ2v) is 5.05. The van der Waals surface area contributed by atoms with Crippen LogP contribution in [0.4, 0.5) is 0 Å². The van der Waals surface area contributed by atoms with Crippen molar-refractivity contribution in [1.29, 1.82) is 0 Å². The monoisotopic (exact) mass is 236 g/mol. The second kappa shape index (κ2) is 4.14. The molecule has 2 heterocycles. The van der Waals surface area contributed by atoms with E-state index in [1.54, 1.807) is 12.3 Å². The molecule has 5 heteroatoms. The number of aliphatic carboxylic acids is 1. The lowest BCUT2D eigenvalue weighted by Gasteiger charge is -2.22. The normalized spacial score (nSPS) is 32.8. The average molecular weight is 236 g/mol. The molecule has 1 saturated heterocycles. The van der Waals surface area contributed by atoms with Crippen LogP contribution in [0.3, 0.4) is 0 Å². The fourth-order valence-corrected chi connectivity index (χ4v) is 3.42. The quantitative estimate of drug-likeness (QED) is 0.858. The highest BCUT2D eigenvalue weighted by atomic mass is 16.5. The fourth-order valence-electron chi connectivity index (χ4n) is 3.42. The van der Waals surface area contributed by atoms with Crippen molar-refractivity contribution >= 4 is 5.97 Å². The Labute approximate surface area is 99.4 Å². The van der Waals surface area contributed by atoms with E-state index in [1.807, 2.05) is 4.90 Å². The Balaban J connectivity index is 1.77. The summed E-state index contributed by atoms with van der Waals surface area (Å²) >= 11 is 0. The van der Waals surface area contributed by atoms with E-state index in [2.05, 4.69) is 5.16 Å². The van der Waals surface area contributed by atoms with Gasteiger partial charge >= 0.3 is 5.97 Å².